The quantitative estimate of drug-likeness (QED) is 0.862. The Morgan fingerprint density at radius 2 is 2.29 bits per heavy atom. The molecule has 1 aromatic rings. The van der Waals surface area contributed by atoms with E-state index in [1.165, 1.54) is 17.5 Å². The number of rotatable bonds is 5. The summed E-state index contributed by atoms with van der Waals surface area (Å²) in [6.45, 7) is 7.83. The zero-order valence-corrected chi connectivity index (χ0v) is 12.8. The SMILES string of the molecule is CC1(C)CN(c2cnn(CCNC3CC3)c(=O)c2)CCO1. The summed E-state index contributed by atoms with van der Waals surface area (Å²) in [5.74, 6) is 0. The maximum atomic E-state index is 12.2. The van der Waals surface area contributed by atoms with Gasteiger partial charge in [-0.15, -0.1) is 0 Å². The Kier molecular flexibility index (Phi) is 3.99. The largest absolute Gasteiger partial charge is 0.372 e. The molecule has 0 aromatic carbocycles. The lowest BCUT2D eigenvalue weighted by Crippen LogP contribution is -2.48. The molecule has 116 valence electrons. The Balaban J connectivity index is 1.64. The van der Waals surface area contributed by atoms with Crippen LogP contribution in [-0.2, 0) is 11.3 Å². The molecular weight excluding hydrogens is 268 g/mol. The summed E-state index contributed by atoms with van der Waals surface area (Å²) >= 11 is 0. The second-order valence-electron chi connectivity index (χ2n) is 6.53. The second kappa shape index (κ2) is 5.77. The van der Waals surface area contributed by atoms with E-state index in [1.54, 1.807) is 12.3 Å². The maximum absolute atomic E-state index is 12.2. The number of hydrogen-bond acceptors (Lipinski definition) is 5. The lowest BCUT2D eigenvalue weighted by Gasteiger charge is -2.39. The fourth-order valence-corrected chi connectivity index (χ4v) is 2.66. The molecule has 0 atom stereocenters. The molecule has 0 spiro atoms. The van der Waals surface area contributed by atoms with Crippen molar-refractivity contribution >= 4 is 5.69 Å². The monoisotopic (exact) mass is 292 g/mol. The lowest BCUT2D eigenvalue weighted by molar-refractivity contribution is -0.0277. The van der Waals surface area contributed by atoms with Gasteiger partial charge in [0.05, 0.1) is 30.6 Å². The molecule has 2 heterocycles. The molecular formula is C15H24N4O2. The molecule has 0 radical (unpaired) electrons. The summed E-state index contributed by atoms with van der Waals surface area (Å²) in [4.78, 5) is 14.3. The summed E-state index contributed by atoms with van der Waals surface area (Å²) in [5.41, 5.74) is 0.679. The van der Waals surface area contributed by atoms with Gasteiger partial charge in [-0.2, -0.15) is 5.10 Å². The fraction of sp³-hybridized carbons (Fsp3) is 0.733. The van der Waals surface area contributed by atoms with E-state index in [0.717, 1.165) is 25.3 Å². The summed E-state index contributed by atoms with van der Waals surface area (Å²) in [7, 11) is 0. The standard InChI is InChI=1S/C15H24N4O2/c1-15(2)11-18(7-8-21-15)13-9-14(20)19(17-10-13)6-5-16-12-3-4-12/h9-10,12,16H,3-8,11H2,1-2H3. The molecule has 2 fully saturated rings. The molecule has 21 heavy (non-hydrogen) atoms. The summed E-state index contributed by atoms with van der Waals surface area (Å²) in [5, 5.41) is 7.69. The minimum absolute atomic E-state index is 0.0330. The highest BCUT2D eigenvalue weighted by Gasteiger charge is 2.27. The van der Waals surface area contributed by atoms with Crippen molar-refractivity contribution < 1.29 is 4.74 Å². The molecule has 6 nitrogen and oxygen atoms in total. The molecule has 1 aromatic heterocycles. The number of nitrogens with one attached hydrogen (secondary N) is 1. The van der Waals surface area contributed by atoms with Crippen LogP contribution in [0.25, 0.3) is 0 Å². The zero-order valence-electron chi connectivity index (χ0n) is 12.8. The number of morpholine rings is 1. The molecule has 1 saturated heterocycles. The van der Waals surface area contributed by atoms with Crippen LogP contribution in [0.1, 0.15) is 26.7 Å². The molecule has 1 N–H and O–H groups in total. The molecule has 0 amide bonds. The predicted octanol–water partition coefficient (Wildman–Crippen LogP) is 0.611. The number of aromatic nitrogens is 2. The van der Waals surface area contributed by atoms with Crippen molar-refractivity contribution in [3.05, 3.63) is 22.6 Å². The normalized spacial score (nSPS) is 21.5. The van der Waals surface area contributed by atoms with Crippen LogP contribution in [0.3, 0.4) is 0 Å². The van der Waals surface area contributed by atoms with E-state index in [-0.39, 0.29) is 11.2 Å². The van der Waals surface area contributed by atoms with Crippen molar-refractivity contribution in [1.29, 1.82) is 0 Å². The number of anilines is 1. The minimum Gasteiger partial charge on any atom is -0.372 e. The minimum atomic E-state index is -0.179. The van der Waals surface area contributed by atoms with Gasteiger partial charge < -0.3 is 15.0 Å². The van der Waals surface area contributed by atoms with E-state index in [9.17, 15) is 4.79 Å². The van der Waals surface area contributed by atoms with Gasteiger partial charge in [0, 0.05) is 31.7 Å². The maximum Gasteiger partial charge on any atom is 0.268 e. The van der Waals surface area contributed by atoms with E-state index in [0.29, 0.717) is 19.2 Å². The summed E-state index contributed by atoms with van der Waals surface area (Å²) in [6.07, 6.45) is 4.31. The molecule has 1 saturated carbocycles. The number of hydrogen-bond donors (Lipinski definition) is 1. The average molecular weight is 292 g/mol. The van der Waals surface area contributed by atoms with Crippen LogP contribution in [-0.4, -0.2) is 47.7 Å². The Morgan fingerprint density at radius 3 is 2.95 bits per heavy atom. The van der Waals surface area contributed by atoms with Gasteiger partial charge in [0.15, 0.2) is 0 Å². The smallest absolute Gasteiger partial charge is 0.268 e. The topological polar surface area (TPSA) is 59.4 Å². The number of nitrogens with zero attached hydrogens (tertiary/aromatic N) is 3. The highest BCUT2D eigenvalue weighted by molar-refractivity contribution is 5.43. The molecule has 3 rings (SSSR count). The van der Waals surface area contributed by atoms with E-state index in [2.05, 4.69) is 29.2 Å². The van der Waals surface area contributed by atoms with Gasteiger partial charge in [0.2, 0.25) is 0 Å². The highest BCUT2D eigenvalue weighted by atomic mass is 16.5. The molecule has 2 aliphatic rings. The van der Waals surface area contributed by atoms with Crippen LogP contribution in [0.4, 0.5) is 5.69 Å². The Labute approximate surface area is 125 Å². The molecule has 6 heteroatoms. The van der Waals surface area contributed by atoms with Crippen molar-refractivity contribution in [3.8, 4) is 0 Å². The van der Waals surface area contributed by atoms with Crippen LogP contribution >= 0.6 is 0 Å². The second-order valence-corrected chi connectivity index (χ2v) is 6.53. The molecule has 0 bridgehead atoms. The van der Waals surface area contributed by atoms with Crippen molar-refractivity contribution in [1.82, 2.24) is 15.1 Å². The van der Waals surface area contributed by atoms with Gasteiger partial charge >= 0.3 is 0 Å². The molecule has 0 unspecified atom stereocenters. The number of ether oxygens (including phenoxy) is 1. The predicted molar refractivity (Wildman–Crippen MR) is 81.8 cm³/mol. The van der Waals surface area contributed by atoms with Crippen LogP contribution in [0.2, 0.25) is 0 Å². The fourth-order valence-electron chi connectivity index (χ4n) is 2.66. The third kappa shape index (κ3) is 3.83. The van der Waals surface area contributed by atoms with Gasteiger partial charge in [-0.3, -0.25) is 4.79 Å². The van der Waals surface area contributed by atoms with E-state index in [4.69, 9.17) is 4.74 Å². The summed E-state index contributed by atoms with van der Waals surface area (Å²) < 4.78 is 7.23. The Hall–Kier alpha value is -1.40. The first-order valence-corrected chi connectivity index (χ1v) is 7.73. The van der Waals surface area contributed by atoms with Gasteiger partial charge in [-0.1, -0.05) is 0 Å². The van der Waals surface area contributed by atoms with Crippen molar-refractivity contribution in [3.63, 3.8) is 0 Å². The van der Waals surface area contributed by atoms with Gasteiger partial charge in [0.25, 0.3) is 5.56 Å². The van der Waals surface area contributed by atoms with Crippen LogP contribution in [0.15, 0.2) is 17.1 Å². The van der Waals surface area contributed by atoms with E-state index in [1.807, 2.05) is 0 Å². The average Bonchev–Trinajstić information content (AvgIpc) is 3.23. The van der Waals surface area contributed by atoms with Crippen LogP contribution < -0.4 is 15.8 Å². The van der Waals surface area contributed by atoms with Crippen LogP contribution in [0, 0.1) is 0 Å². The van der Waals surface area contributed by atoms with E-state index >= 15 is 0 Å². The van der Waals surface area contributed by atoms with Crippen molar-refractivity contribution in [2.45, 2.75) is 44.9 Å². The molecule has 1 aliphatic carbocycles. The Bertz CT molecular complexity index is 551. The summed E-state index contributed by atoms with van der Waals surface area (Å²) in [6, 6.07) is 2.35. The van der Waals surface area contributed by atoms with E-state index < -0.39 is 0 Å². The first kappa shape index (κ1) is 14.5. The zero-order chi connectivity index (χ0) is 14.9. The van der Waals surface area contributed by atoms with Gasteiger partial charge in [-0.25, -0.2) is 4.68 Å². The third-order valence-corrected chi connectivity index (χ3v) is 3.98. The highest BCUT2D eigenvalue weighted by Crippen LogP contribution is 2.21. The van der Waals surface area contributed by atoms with Crippen LogP contribution in [0.5, 0.6) is 0 Å². The van der Waals surface area contributed by atoms with Gasteiger partial charge in [-0.05, 0) is 26.7 Å². The van der Waals surface area contributed by atoms with Crippen molar-refractivity contribution in [2.75, 3.05) is 31.1 Å². The molecule has 1 aliphatic heterocycles. The third-order valence-electron chi connectivity index (χ3n) is 3.98. The van der Waals surface area contributed by atoms with Crippen molar-refractivity contribution in [2.24, 2.45) is 0 Å². The lowest BCUT2D eigenvalue weighted by atomic mass is 10.1. The first-order chi connectivity index (χ1) is 10.0. The Morgan fingerprint density at radius 1 is 1.48 bits per heavy atom. The van der Waals surface area contributed by atoms with Gasteiger partial charge in [0.1, 0.15) is 0 Å². The first-order valence-electron chi connectivity index (χ1n) is 7.73.